The Bertz CT molecular complexity index is 525. The van der Waals surface area contributed by atoms with Gasteiger partial charge in [-0.25, -0.2) is 0 Å². The Labute approximate surface area is 121 Å². The van der Waals surface area contributed by atoms with Gasteiger partial charge in [0, 0.05) is 36.4 Å². The molecule has 1 aromatic rings. The zero-order chi connectivity index (χ0) is 14.3. The monoisotopic (exact) mass is 272 g/mol. The van der Waals surface area contributed by atoms with Crippen LogP contribution in [0.25, 0.3) is 0 Å². The van der Waals surface area contributed by atoms with Crippen molar-refractivity contribution >= 4 is 11.5 Å². The second-order valence-electron chi connectivity index (χ2n) is 6.20. The fourth-order valence-corrected chi connectivity index (χ4v) is 3.69. The van der Waals surface area contributed by atoms with Crippen LogP contribution < -0.4 is 10.6 Å². The Morgan fingerprint density at radius 3 is 2.70 bits per heavy atom. The summed E-state index contributed by atoms with van der Waals surface area (Å²) in [7, 11) is 2.27. The number of rotatable bonds is 2. The zero-order valence-electron chi connectivity index (χ0n) is 12.4. The number of nitrogens with one attached hydrogen (secondary N) is 1. The van der Waals surface area contributed by atoms with E-state index in [-0.39, 0.29) is 5.84 Å². The van der Waals surface area contributed by atoms with Crippen molar-refractivity contribution in [3.05, 3.63) is 29.3 Å². The van der Waals surface area contributed by atoms with Crippen LogP contribution in [0.15, 0.2) is 18.2 Å². The lowest BCUT2D eigenvalue weighted by Gasteiger charge is -2.28. The van der Waals surface area contributed by atoms with Gasteiger partial charge in [0.05, 0.1) is 0 Å². The summed E-state index contributed by atoms with van der Waals surface area (Å²) in [4.78, 5) is 5.06. The van der Waals surface area contributed by atoms with E-state index in [1.807, 2.05) is 13.0 Å². The summed E-state index contributed by atoms with van der Waals surface area (Å²) in [6, 6.07) is 7.73. The molecule has 0 aromatic heterocycles. The topological polar surface area (TPSA) is 56.4 Å². The van der Waals surface area contributed by atoms with Crippen molar-refractivity contribution < 1.29 is 0 Å². The lowest BCUT2D eigenvalue weighted by atomic mass is 10.0. The van der Waals surface area contributed by atoms with Crippen LogP contribution in [0.4, 0.5) is 5.69 Å². The maximum atomic E-state index is 7.58. The second kappa shape index (κ2) is 5.09. The molecule has 2 aliphatic heterocycles. The van der Waals surface area contributed by atoms with Crippen molar-refractivity contribution in [3.8, 4) is 0 Å². The summed E-state index contributed by atoms with van der Waals surface area (Å²) in [6.07, 6.45) is 3.93. The highest BCUT2D eigenvalue weighted by Gasteiger charge is 2.34. The molecule has 0 aliphatic carbocycles. The van der Waals surface area contributed by atoms with Crippen molar-refractivity contribution in [2.24, 2.45) is 5.73 Å². The molecule has 2 saturated heterocycles. The van der Waals surface area contributed by atoms with E-state index >= 15 is 0 Å². The third-order valence-electron chi connectivity index (χ3n) is 5.01. The molecule has 2 heterocycles. The van der Waals surface area contributed by atoms with Gasteiger partial charge < -0.3 is 10.6 Å². The van der Waals surface area contributed by atoms with Gasteiger partial charge in [0.15, 0.2) is 0 Å². The number of hydrogen-bond donors (Lipinski definition) is 2. The Kier molecular flexibility index (Phi) is 3.42. The lowest BCUT2D eigenvalue weighted by Crippen LogP contribution is -2.36. The highest BCUT2D eigenvalue weighted by Crippen LogP contribution is 2.31. The first-order chi connectivity index (χ1) is 9.56. The fourth-order valence-electron chi connectivity index (χ4n) is 3.69. The first-order valence-corrected chi connectivity index (χ1v) is 7.48. The number of amidine groups is 1. The van der Waals surface area contributed by atoms with Crippen molar-refractivity contribution in [3.63, 3.8) is 0 Å². The molecule has 2 bridgehead atoms. The number of aryl methyl sites for hydroxylation is 1. The highest BCUT2D eigenvalue weighted by atomic mass is 15.3. The normalized spacial score (nSPS) is 26.6. The molecule has 108 valence electrons. The molecule has 2 atom stereocenters. The van der Waals surface area contributed by atoms with Crippen LogP contribution in [-0.4, -0.2) is 43.0 Å². The van der Waals surface area contributed by atoms with Crippen molar-refractivity contribution in [2.45, 2.75) is 38.3 Å². The third-order valence-corrected chi connectivity index (χ3v) is 5.01. The van der Waals surface area contributed by atoms with Gasteiger partial charge >= 0.3 is 0 Å². The van der Waals surface area contributed by atoms with Gasteiger partial charge in [-0.15, -0.1) is 0 Å². The number of anilines is 1. The summed E-state index contributed by atoms with van der Waals surface area (Å²) in [6.45, 7) is 4.28. The number of fused-ring (bicyclic) bond motifs is 2. The number of hydrogen-bond acceptors (Lipinski definition) is 3. The van der Waals surface area contributed by atoms with Crippen LogP contribution in [0.3, 0.4) is 0 Å². The zero-order valence-corrected chi connectivity index (χ0v) is 12.4. The lowest BCUT2D eigenvalue weighted by molar-refractivity contribution is 0.254. The predicted molar refractivity (Wildman–Crippen MR) is 83.6 cm³/mol. The fraction of sp³-hybridized carbons (Fsp3) is 0.562. The molecule has 0 saturated carbocycles. The minimum Gasteiger partial charge on any atom is -0.384 e. The van der Waals surface area contributed by atoms with E-state index in [1.54, 1.807) is 0 Å². The molecule has 1 aromatic carbocycles. The Balaban J connectivity index is 1.83. The van der Waals surface area contributed by atoms with Gasteiger partial charge in [0.2, 0.25) is 0 Å². The Morgan fingerprint density at radius 1 is 1.25 bits per heavy atom. The highest BCUT2D eigenvalue weighted by molar-refractivity contribution is 5.96. The maximum absolute atomic E-state index is 7.58. The third kappa shape index (κ3) is 2.29. The number of nitrogens with zero attached hydrogens (tertiary/aromatic N) is 2. The molecule has 3 N–H and O–H groups in total. The van der Waals surface area contributed by atoms with Crippen LogP contribution in [0, 0.1) is 12.3 Å². The number of nitrogens with two attached hydrogens (primary N) is 1. The largest absolute Gasteiger partial charge is 0.384 e. The molecule has 2 fully saturated rings. The van der Waals surface area contributed by atoms with E-state index in [0.29, 0.717) is 6.04 Å². The van der Waals surface area contributed by atoms with Gasteiger partial charge in [0.25, 0.3) is 0 Å². The maximum Gasteiger partial charge on any atom is 0.123 e. The molecule has 4 heteroatoms. The van der Waals surface area contributed by atoms with E-state index in [0.717, 1.165) is 30.3 Å². The van der Waals surface area contributed by atoms with E-state index < -0.39 is 0 Å². The van der Waals surface area contributed by atoms with Crippen LogP contribution in [0.1, 0.15) is 30.4 Å². The molecule has 2 aliphatic rings. The van der Waals surface area contributed by atoms with Gasteiger partial charge in [-0.2, -0.15) is 0 Å². The molecule has 4 nitrogen and oxygen atoms in total. The molecule has 0 amide bonds. The van der Waals surface area contributed by atoms with Crippen LogP contribution in [0.5, 0.6) is 0 Å². The molecule has 2 unspecified atom stereocenters. The van der Waals surface area contributed by atoms with E-state index in [4.69, 9.17) is 11.1 Å². The van der Waals surface area contributed by atoms with Gasteiger partial charge in [0.1, 0.15) is 5.84 Å². The average molecular weight is 272 g/mol. The minimum absolute atomic E-state index is 0.156. The number of nitrogen functional groups attached to an aromatic ring is 1. The second-order valence-corrected chi connectivity index (χ2v) is 6.20. The van der Waals surface area contributed by atoms with Crippen LogP contribution in [-0.2, 0) is 0 Å². The quantitative estimate of drug-likeness (QED) is 0.639. The molecule has 0 spiro atoms. The van der Waals surface area contributed by atoms with Crippen LogP contribution in [0.2, 0.25) is 0 Å². The molecule has 20 heavy (non-hydrogen) atoms. The summed E-state index contributed by atoms with van der Waals surface area (Å²) < 4.78 is 0. The predicted octanol–water partition coefficient (Wildman–Crippen LogP) is 1.95. The minimum atomic E-state index is 0.156. The Hall–Kier alpha value is -1.55. The smallest absolute Gasteiger partial charge is 0.123 e. The average Bonchev–Trinajstić information content (AvgIpc) is 2.62. The molecular weight excluding hydrogens is 248 g/mol. The van der Waals surface area contributed by atoms with E-state index in [1.165, 1.54) is 24.9 Å². The first-order valence-electron chi connectivity index (χ1n) is 7.48. The van der Waals surface area contributed by atoms with Crippen molar-refractivity contribution in [2.75, 3.05) is 25.0 Å². The summed E-state index contributed by atoms with van der Waals surface area (Å²) in [5.41, 5.74) is 8.81. The number of benzene rings is 1. The summed E-state index contributed by atoms with van der Waals surface area (Å²) >= 11 is 0. The summed E-state index contributed by atoms with van der Waals surface area (Å²) in [5, 5.41) is 7.58. The van der Waals surface area contributed by atoms with Gasteiger partial charge in [-0.3, -0.25) is 10.3 Å². The summed E-state index contributed by atoms with van der Waals surface area (Å²) in [5.74, 6) is 0.156. The molecule has 0 radical (unpaired) electrons. The van der Waals surface area contributed by atoms with Gasteiger partial charge in [-0.1, -0.05) is 0 Å². The first kappa shape index (κ1) is 13.4. The standard InChI is InChI=1S/C16H24N4/c1-11-9-13(5-6-15(11)16(17)18)20-8-7-12-3-4-14(10-20)19(12)2/h5-6,9,12,14H,3-4,7-8,10H2,1-2H3,(H3,17,18). The Morgan fingerprint density at radius 2 is 2.00 bits per heavy atom. The molecular formula is C16H24N4. The molecule has 3 rings (SSSR count). The SMILES string of the molecule is Cc1cc(N2CCC3CCC(C2)N3C)ccc1C(=N)N. The van der Waals surface area contributed by atoms with E-state index in [2.05, 4.69) is 29.0 Å². The van der Waals surface area contributed by atoms with Crippen molar-refractivity contribution in [1.29, 1.82) is 5.41 Å². The number of likely N-dealkylation sites (N-methyl/N-ethyl adjacent to an activating group) is 1. The van der Waals surface area contributed by atoms with Gasteiger partial charge in [-0.05, 0) is 57.0 Å². The van der Waals surface area contributed by atoms with Crippen molar-refractivity contribution in [1.82, 2.24) is 4.90 Å². The van der Waals surface area contributed by atoms with E-state index in [9.17, 15) is 0 Å². The van der Waals surface area contributed by atoms with Crippen LogP contribution >= 0.6 is 0 Å².